The molecular weight excluding hydrogens is 205 g/mol. The highest BCUT2D eigenvalue weighted by molar-refractivity contribution is 5.85. The molecule has 0 heterocycles. The van der Waals surface area contributed by atoms with Crippen molar-refractivity contribution in [2.24, 2.45) is 0 Å². The van der Waals surface area contributed by atoms with Crippen LogP contribution >= 0.6 is 12.4 Å². The molecule has 2 nitrogen and oxygen atoms in total. The maximum Gasteiger partial charge on any atom is 0.129 e. The molecule has 0 atom stereocenters. The van der Waals surface area contributed by atoms with Gasteiger partial charge in [0.2, 0.25) is 0 Å². The molecular formula is C10H15ClFNO. The van der Waals surface area contributed by atoms with Gasteiger partial charge in [-0.3, -0.25) is 0 Å². The number of rotatable bonds is 4. The lowest BCUT2D eigenvalue weighted by molar-refractivity contribution is 0.316. The van der Waals surface area contributed by atoms with Crippen LogP contribution in [0.5, 0.6) is 5.75 Å². The molecule has 0 unspecified atom stereocenters. The maximum atomic E-state index is 13.0. The summed E-state index contributed by atoms with van der Waals surface area (Å²) in [6.45, 7) is 3.04. The Morgan fingerprint density at radius 3 is 2.71 bits per heavy atom. The van der Waals surface area contributed by atoms with Gasteiger partial charge in [-0.2, -0.15) is 0 Å². The molecule has 1 aromatic rings. The lowest BCUT2D eigenvalue weighted by Crippen LogP contribution is -2.15. The van der Waals surface area contributed by atoms with Crippen molar-refractivity contribution >= 4 is 12.4 Å². The van der Waals surface area contributed by atoms with Crippen LogP contribution in [0, 0.1) is 12.7 Å². The molecule has 0 aliphatic heterocycles. The highest BCUT2D eigenvalue weighted by Gasteiger charge is 1.99. The lowest BCUT2D eigenvalue weighted by atomic mass is 10.2. The molecule has 0 saturated heterocycles. The van der Waals surface area contributed by atoms with Crippen molar-refractivity contribution in [2.45, 2.75) is 6.92 Å². The fourth-order valence-electron chi connectivity index (χ4n) is 0.934. The van der Waals surface area contributed by atoms with E-state index in [-0.39, 0.29) is 18.2 Å². The molecule has 0 aliphatic carbocycles. The zero-order chi connectivity index (χ0) is 9.68. The second-order valence-electron chi connectivity index (χ2n) is 2.86. The summed E-state index contributed by atoms with van der Waals surface area (Å²) in [7, 11) is 1.85. The Hall–Kier alpha value is -0.800. The summed E-state index contributed by atoms with van der Waals surface area (Å²) in [5.41, 5.74) is 0.640. The van der Waals surface area contributed by atoms with Gasteiger partial charge in [0, 0.05) is 12.6 Å². The normalized spacial score (nSPS) is 9.36. The Labute approximate surface area is 89.9 Å². The Morgan fingerprint density at radius 2 is 2.14 bits per heavy atom. The third-order valence-corrected chi connectivity index (χ3v) is 1.76. The van der Waals surface area contributed by atoms with Crippen LogP contribution in [-0.2, 0) is 0 Å². The van der Waals surface area contributed by atoms with Gasteiger partial charge in [0.25, 0.3) is 0 Å². The van der Waals surface area contributed by atoms with E-state index in [0.29, 0.717) is 17.9 Å². The van der Waals surface area contributed by atoms with Gasteiger partial charge >= 0.3 is 0 Å². The molecule has 0 aliphatic rings. The molecule has 0 bridgehead atoms. The van der Waals surface area contributed by atoms with Gasteiger partial charge in [-0.05, 0) is 25.6 Å². The zero-order valence-corrected chi connectivity index (χ0v) is 9.16. The van der Waals surface area contributed by atoms with Crippen molar-refractivity contribution in [3.63, 3.8) is 0 Å². The fraction of sp³-hybridized carbons (Fsp3) is 0.400. The number of ether oxygens (including phenoxy) is 1. The van der Waals surface area contributed by atoms with Crippen molar-refractivity contribution in [3.8, 4) is 5.75 Å². The summed E-state index contributed by atoms with van der Waals surface area (Å²) in [5, 5.41) is 2.95. The first-order chi connectivity index (χ1) is 6.24. The molecule has 0 amide bonds. The molecule has 80 valence electrons. The van der Waals surface area contributed by atoms with Gasteiger partial charge in [-0.15, -0.1) is 12.4 Å². The van der Waals surface area contributed by atoms with Crippen molar-refractivity contribution in [1.29, 1.82) is 0 Å². The first kappa shape index (κ1) is 13.2. The maximum absolute atomic E-state index is 13.0. The molecule has 0 spiro atoms. The first-order valence-corrected chi connectivity index (χ1v) is 4.27. The van der Waals surface area contributed by atoms with Crippen molar-refractivity contribution in [1.82, 2.24) is 5.32 Å². The number of hydrogen-bond donors (Lipinski definition) is 1. The fourth-order valence-corrected chi connectivity index (χ4v) is 0.934. The number of likely N-dealkylation sites (N-methyl/N-ethyl adjacent to an activating group) is 1. The highest BCUT2D eigenvalue weighted by Crippen LogP contribution is 2.15. The largest absolute Gasteiger partial charge is 0.492 e. The summed E-state index contributed by atoms with van der Waals surface area (Å²) in [4.78, 5) is 0. The van der Waals surface area contributed by atoms with Gasteiger partial charge in [0.15, 0.2) is 0 Å². The molecule has 1 aromatic carbocycles. The standard InChI is InChI=1S/C10H14FNO.ClH/c1-8-3-4-9(7-10(8)11)13-6-5-12-2;/h3-4,7,12H,5-6H2,1-2H3;1H. The van der Waals surface area contributed by atoms with Gasteiger partial charge in [-0.1, -0.05) is 6.07 Å². The molecule has 1 N–H and O–H groups in total. The predicted molar refractivity (Wildman–Crippen MR) is 57.8 cm³/mol. The van der Waals surface area contributed by atoms with E-state index in [2.05, 4.69) is 5.32 Å². The second kappa shape index (κ2) is 6.62. The lowest BCUT2D eigenvalue weighted by Gasteiger charge is -2.06. The Bertz CT molecular complexity index is 281. The van der Waals surface area contributed by atoms with Crippen LogP contribution in [0.3, 0.4) is 0 Å². The minimum absolute atomic E-state index is 0. The van der Waals surface area contributed by atoms with E-state index in [1.807, 2.05) is 7.05 Å². The van der Waals surface area contributed by atoms with E-state index in [1.54, 1.807) is 19.1 Å². The molecule has 0 radical (unpaired) electrons. The number of nitrogens with one attached hydrogen (secondary N) is 1. The summed E-state index contributed by atoms with van der Waals surface area (Å²) in [6, 6.07) is 4.89. The molecule has 1 rings (SSSR count). The van der Waals surface area contributed by atoms with Crippen LogP contribution < -0.4 is 10.1 Å². The summed E-state index contributed by atoms with van der Waals surface area (Å²) >= 11 is 0. The van der Waals surface area contributed by atoms with Crippen LogP contribution in [0.15, 0.2) is 18.2 Å². The number of hydrogen-bond acceptors (Lipinski definition) is 2. The van der Waals surface area contributed by atoms with Crippen molar-refractivity contribution in [3.05, 3.63) is 29.6 Å². The van der Waals surface area contributed by atoms with Crippen molar-refractivity contribution < 1.29 is 9.13 Å². The molecule has 0 saturated carbocycles. The van der Waals surface area contributed by atoms with Gasteiger partial charge in [0.1, 0.15) is 18.2 Å². The van der Waals surface area contributed by atoms with E-state index in [1.165, 1.54) is 6.07 Å². The predicted octanol–water partition coefficient (Wildman–Crippen LogP) is 2.15. The van der Waals surface area contributed by atoms with Crippen LogP contribution in [0.1, 0.15) is 5.56 Å². The zero-order valence-electron chi connectivity index (χ0n) is 8.34. The smallest absolute Gasteiger partial charge is 0.129 e. The average molecular weight is 220 g/mol. The van der Waals surface area contributed by atoms with Crippen LogP contribution in [-0.4, -0.2) is 20.2 Å². The molecule has 14 heavy (non-hydrogen) atoms. The molecule has 4 heteroatoms. The Balaban J connectivity index is 0.00000169. The molecule has 0 aromatic heterocycles. The van der Waals surface area contributed by atoms with Gasteiger partial charge < -0.3 is 10.1 Å². The van der Waals surface area contributed by atoms with Gasteiger partial charge in [-0.25, -0.2) is 4.39 Å². The number of aryl methyl sites for hydroxylation is 1. The van der Waals surface area contributed by atoms with E-state index < -0.39 is 0 Å². The van der Waals surface area contributed by atoms with Crippen LogP contribution in [0.4, 0.5) is 4.39 Å². The first-order valence-electron chi connectivity index (χ1n) is 4.27. The summed E-state index contributed by atoms with van der Waals surface area (Å²) in [6.07, 6.45) is 0. The quantitative estimate of drug-likeness (QED) is 0.784. The third-order valence-electron chi connectivity index (χ3n) is 1.76. The van der Waals surface area contributed by atoms with E-state index in [9.17, 15) is 4.39 Å². The third kappa shape index (κ3) is 3.94. The van der Waals surface area contributed by atoms with E-state index in [0.717, 1.165) is 6.54 Å². The number of halogens is 2. The van der Waals surface area contributed by atoms with Gasteiger partial charge in [0.05, 0.1) is 0 Å². The average Bonchev–Trinajstić information content (AvgIpc) is 2.12. The summed E-state index contributed by atoms with van der Waals surface area (Å²) < 4.78 is 18.3. The minimum Gasteiger partial charge on any atom is -0.492 e. The van der Waals surface area contributed by atoms with Crippen LogP contribution in [0.25, 0.3) is 0 Å². The van der Waals surface area contributed by atoms with Crippen LogP contribution in [0.2, 0.25) is 0 Å². The van der Waals surface area contributed by atoms with Crippen molar-refractivity contribution in [2.75, 3.05) is 20.2 Å². The Kier molecular flexibility index (Phi) is 6.25. The second-order valence-corrected chi connectivity index (χ2v) is 2.86. The summed E-state index contributed by atoms with van der Waals surface area (Å²) in [5.74, 6) is 0.361. The Morgan fingerprint density at radius 1 is 1.43 bits per heavy atom. The van der Waals surface area contributed by atoms with E-state index in [4.69, 9.17) is 4.74 Å². The molecule has 0 fully saturated rings. The SMILES string of the molecule is CNCCOc1ccc(C)c(F)c1.Cl. The number of benzene rings is 1. The topological polar surface area (TPSA) is 21.3 Å². The highest BCUT2D eigenvalue weighted by atomic mass is 35.5. The monoisotopic (exact) mass is 219 g/mol. The minimum atomic E-state index is -0.220. The van der Waals surface area contributed by atoms with E-state index >= 15 is 0 Å².